The van der Waals surface area contributed by atoms with Crippen molar-refractivity contribution < 1.29 is 65.2 Å². The third kappa shape index (κ3) is 18.0. The van der Waals surface area contributed by atoms with E-state index < -0.39 is 24.7 Å². The van der Waals surface area contributed by atoms with E-state index in [4.69, 9.17) is 14.9 Å². The molecule has 3 aliphatic carbocycles. The molecule has 15 unspecified atom stereocenters. The maximum Gasteiger partial charge on any atom is 4.00 e. The van der Waals surface area contributed by atoms with Gasteiger partial charge in [0.2, 0.25) is 0 Å². The molecule has 3 fully saturated rings. The monoisotopic (exact) mass is 1280 g/mol. The second kappa shape index (κ2) is 34.7. The molecule has 12 heteroatoms. The maximum absolute atomic E-state index is 5.37. The summed E-state index contributed by atoms with van der Waals surface area (Å²) in [5, 5.41) is 2.27. The summed E-state index contributed by atoms with van der Waals surface area (Å²) in [5.41, 5.74) is 8.35. The molecule has 3 heterocycles. The second-order valence-electron chi connectivity index (χ2n) is 24.6. The molecule has 0 radical (unpaired) electrons. The summed E-state index contributed by atoms with van der Waals surface area (Å²) >= 11 is 6.40. The molecule has 0 N–H and O–H groups in total. The first-order valence-electron chi connectivity index (χ1n) is 25.9. The van der Waals surface area contributed by atoms with E-state index in [2.05, 4.69) is 254 Å². The Bertz CT molecular complexity index is 2350. The van der Waals surface area contributed by atoms with Gasteiger partial charge in [-0.25, -0.2) is 0 Å². The van der Waals surface area contributed by atoms with E-state index in [0.717, 1.165) is 79.9 Å². The van der Waals surface area contributed by atoms with Crippen molar-refractivity contribution in [3.63, 3.8) is 0 Å². The standard InChI is InChI=1S/C21H26NSSi.C19H30NSSi.C18H28NSSi.9CH3.3Ti/c1-14-15(2)21(24(3,4)22-16-10-6-5-7-11-16)19-17-12-8-9-13-18(17)23-20(14)19;1-12-13(2)18(22(6,7)20-19(3,4)5)16-14-10-8-9-11-15(14)21-17(12)16;1-11(2)19-21(5,6)18-13(4)12(3)17-16(18)14-9-7-8-10-15(14)20-17;;;;;;;;;;;;/h5-15,19-21H,1-4H3;8-13,16-18H,1-7H3;7-13,16-18H,1-6H3;9*1H3;;;/q12*-1;3*+4. The van der Waals surface area contributed by atoms with Gasteiger partial charge in [0.1, 0.15) is 0 Å². The Morgan fingerprint density at radius 3 is 0.975 bits per heavy atom. The van der Waals surface area contributed by atoms with E-state index in [0.29, 0.717) is 17.5 Å². The van der Waals surface area contributed by atoms with E-state index in [1.807, 2.05) is 0 Å². The van der Waals surface area contributed by atoms with Crippen LogP contribution in [-0.4, -0.2) is 52.0 Å². The van der Waals surface area contributed by atoms with E-state index in [1.54, 1.807) is 16.7 Å². The van der Waals surface area contributed by atoms with Crippen molar-refractivity contribution in [2.75, 3.05) is 0 Å². The summed E-state index contributed by atoms with van der Waals surface area (Å²) in [7, 11) is -4.99. The molecule has 4 aromatic rings. The minimum absolute atomic E-state index is 0. The Morgan fingerprint density at radius 1 is 0.392 bits per heavy atom. The van der Waals surface area contributed by atoms with Crippen molar-refractivity contribution >= 4 is 65.7 Å². The summed E-state index contributed by atoms with van der Waals surface area (Å²) in [6.07, 6.45) is 0. The summed E-state index contributed by atoms with van der Waals surface area (Å²) in [5.74, 6) is 6.81. The second-order valence-corrected chi connectivity index (χ2v) is 40.9. The third-order valence-corrected chi connectivity index (χ3v) is 33.1. The van der Waals surface area contributed by atoms with E-state index in [1.165, 1.54) is 14.7 Å². The molecule has 3 saturated carbocycles. The average molecular weight is 1280 g/mol. The molecule has 436 valence electrons. The molecule has 79 heavy (non-hydrogen) atoms. The van der Waals surface area contributed by atoms with E-state index in [9.17, 15) is 0 Å². The van der Waals surface area contributed by atoms with Crippen molar-refractivity contribution in [1.29, 1.82) is 0 Å². The molecule has 3 nitrogen and oxygen atoms in total. The smallest absolute Gasteiger partial charge is 0.687 e. The van der Waals surface area contributed by atoms with Crippen LogP contribution >= 0.6 is 35.3 Å². The van der Waals surface area contributed by atoms with Crippen molar-refractivity contribution in [2.45, 2.75) is 192 Å². The zero-order chi connectivity index (χ0) is 48.5. The summed E-state index contributed by atoms with van der Waals surface area (Å²) < 4.78 is 0. The molecule has 10 rings (SSSR count). The fourth-order valence-electron chi connectivity index (χ4n) is 15.0. The van der Waals surface area contributed by atoms with Crippen LogP contribution in [0.5, 0.6) is 0 Å². The van der Waals surface area contributed by atoms with Gasteiger partial charge in [-0.1, -0.05) is 233 Å². The van der Waals surface area contributed by atoms with Gasteiger partial charge in [0.15, 0.2) is 0 Å². The molecule has 3 aliphatic heterocycles. The van der Waals surface area contributed by atoms with Crippen LogP contribution in [0.25, 0.3) is 14.9 Å². The normalized spacial score (nSPS) is 28.6. The Hall–Kier alpha value is 0.444. The van der Waals surface area contributed by atoms with Gasteiger partial charge in [-0.15, -0.1) is 52.6 Å². The molecule has 15 atom stereocenters. The van der Waals surface area contributed by atoms with Crippen molar-refractivity contribution in [3.05, 3.63) is 202 Å². The van der Waals surface area contributed by atoms with E-state index >= 15 is 0 Å². The van der Waals surface area contributed by atoms with Gasteiger partial charge < -0.3 is 81.8 Å². The molecular formula is C67H111N3S3Si3Ti3. The average Bonchev–Trinajstić information content (AvgIpc) is 4.07. The third-order valence-electron chi connectivity index (χ3n) is 17.4. The Labute approximate surface area is 554 Å². The number of fused-ring (bicyclic) bond motifs is 9. The first-order chi connectivity index (χ1) is 31.4. The molecule has 0 saturated heterocycles. The van der Waals surface area contributed by atoms with Crippen LogP contribution in [-0.2, 0) is 65.2 Å². The van der Waals surface area contributed by atoms with Crippen LogP contribution in [0, 0.1) is 102 Å². The quantitative estimate of drug-likeness (QED) is 0.130. The number of benzene rings is 4. The molecule has 0 amide bonds. The predicted octanol–water partition coefficient (Wildman–Crippen LogP) is 23.0. The Morgan fingerprint density at radius 2 is 0.671 bits per heavy atom. The van der Waals surface area contributed by atoms with Crippen molar-refractivity contribution in [1.82, 2.24) is 0 Å². The molecular weight excluding hydrogens is 1170 g/mol. The fourth-order valence-corrected chi connectivity index (χ4v) is 33.5. The van der Waals surface area contributed by atoms with Crippen LogP contribution < -0.4 is 0 Å². The van der Waals surface area contributed by atoms with Crippen LogP contribution in [0.15, 0.2) is 118 Å². The number of rotatable bonds is 8. The number of hydrogen-bond donors (Lipinski definition) is 0. The zero-order valence-electron chi connectivity index (χ0n) is 54.6. The van der Waals surface area contributed by atoms with Crippen LogP contribution in [0.3, 0.4) is 0 Å². The predicted molar refractivity (Wildman–Crippen MR) is 364 cm³/mol. The van der Waals surface area contributed by atoms with Crippen molar-refractivity contribution in [2.24, 2.45) is 35.5 Å². The summed E-state index contributed by atoms with van der Waals surface area (Å²) in [4.78, 5) is 20.5. The van der Waals surface area contributed by atoms with Crippen LogP contribution in [0.2, 0.25) is 55.9 Å². The summed E-state index contributed by atoms with van der Waals surface area (Å²) in [6.45, 7) is 41.1. The van der Waals surface area contributed by atoms with Gasteiger partial charge >= 0.3 is 65.2 Å². The minimum Gasteiger partial charge on any atom is -0.687 e. The first-order valence-corrected chi connectivity index (χ1v) is 37.7. The van der Waals surface area contributed by atoms with Gasteiger partial charge in [-0.2, -0.15) is 0 Å². The van der Waals surface area contributed by atoms with Crippen LogP contribution in [0.4, 0.5) is 5.69 Å². The van der Waals surface area contributed by atoms with Gasteiger partial charge in [-0.3, -0.25) is 0 Å². The topological polar surface area (TPSA) is 42.3 Å². The van der Waals surface area contributed by atoms with Gasteiger partial charge in [0.25, 0.3) is 0 Å². The molecule has 0 bridgehead atoms. The molecule has 4 aromatic carbocycles. The van der Waals surface area contributed by atoms with Crippen LogP contribution in [0.1, 0.15) is 111 Å². The van der Waals surface area contributed by atoms with Crippen molar-refractivity contribution in [3.8, 4) is 0 Å². The van der Waals surface area contributed by atoms with Gasteiger partial charge in [0, 0.05) is 30.4 Å². The van der Waals surface area contributed by atoms with Gasteiger partial charge in [0.05, 0.1) is 0 Å². The summed E-state index contributed by atoms with van der Waals surface area (Å²) in [6, 6.07) is 38.4. The number of nitrogens with zero attached hydrogens (tertiary/aromatic N) is 3. The minimum atomic E-state index is -1.76. The number of hydrogen-bond acceptors (Lipinski definition) is 3. The van der Waals surface area contributed by atoms with Gasteiger partial charge in [-0.05, 0) is 96.4 Å². The first kappa shape index (κ1) is 88.2. The SMILES string of the molecule is CC(C)[N-][Si](C)(C)C1C(C)C(C)C2Sc3ccccc3C21.CC1C(C)C([Si](C)(C)[N-]C(C)(C)C)C2c3ccccc3SC12.CC1C(C)C([Si](C)(C)[N-]c2ccccc2)C2c3ccccc3SC12.[CH3-].[CH3-].[CH3-].[CH3-].[CH3-].[CH3-].[CH3-].[CH3-].[CH3-].[Ti+4].[Ti+4].[Ti+4]. The Balaban J connectivity index is -0.000000323. The van der Waals surface area contributed by atoms with E-state index in [-0.39, 0.29) is 138 Å². The molecule has 6 aliphatic rings. The largest absolute Gasteiger partial charge is 4.00 e. The Kier molecular flexibility index (Phi) is 38.7. The fraction of sp³-hybridized carbons (Fsp3) is 0.507. The zero-order valence-corrected chi connectivity index (χ0v) is 64.8. The molecule has 0 spiro atoms. The molecule has 0 aromatic heterocycles. The maximum atomic E-state index is 5.37. The number of thioether (sulfide) groups is 3.